The highest BCUT2D eigenvalue weighted by Gasteiger charge is 2.24. The lowest BCUT2D eigenvalue weighted by molar-refractivity contribution is 0.192. The molecule has 1 aliphatic carbocycles. The molecule has 25 heavy (non-hydrogen) atoms. The van der Waals surface area contributed by atoms with Crippen LogP contribution in [0.3, 0.4) is 0 Å². The van der Waals surface area contributed by atoms with Gasteiger partial charge in [0.15, 0.2) is 0 Å². The van der Waals surface area contributed by atoms with E-state index in [0.717, 1.165) is 31.4 Å². The van der Waals surface area contributed by atoms with Gasteiger partial charge in [-0.3, -0.25) is 4.79 Å². The molecular weight excluding hydrogens is 368 g/mol. The smallest absolute Gasteiger partial charge is 0.287 e. The van der Waals surface area contributed by atoms with Crippen molar-refractivity contribution in [3.63, 3.8) is 0 Å². The normalized spacial score (nSPS) is 20.3. The van der Waals surface area contributed by atoms with Gasteiger partial charge in [-0.2, -0.15) is 5.10 Å². The number of halogens is 3. The van der Waals surface area contributed by atoms with E-state index in [4.69, 9.17) is 27.9 Å². The number of ether oxygens (including phenoxy) is 1. The van der Waals surface area contributed by atoms with Gasteiger partial charge >= 0.3 is 0 Å². The molecule has 1 aromatic carbocycles. The molecule has 8 heteroatoms. The summed E-state index contributed by atoms with van der Waals surface area (Å²) in [5.74, 6) is 0.502. The Bertz CT molecular complexity index is 774. The highest BCUT2D eigenvalue weighted by atomic mass is 35.5. The predicted molar refractivity (Wildman–Crippen MR) is 96.5 cm³/mol. The molecule has 1 N–H and O–H groups in total. The molecule has 0 aliphatic heterocycles. The number of nitrogens with one attached hydrogen (secondary N) is 1. The van der Waals surface area contributed by atoms with Crippen LogP contribution in [0.25, 0.3) is 0 Å². The maximum absolute atomic E-state index is 12.2. The third-order valence-electron chi connectivity index (χ3n) is 4.39. The lowest BCUT2D eigenvalue weighted by Crippen LogP contribution is -2.33. The second kappa shape index (κ2) is 8.06. The molecule has 1 fully saturated rings. The summed E-state index contributed by atoms with van der Waals surface area (Å²) in [5, 5.41) is 7.77. The van der Waals surface area contributed by atoms with Gasteiger partial charge in [0.2, 0.25) is 6.86 Å². The maximum atomic E-state index is 12.2. The zero-order valence-electron chi connectivity index (χ0n) is 13.4. The van der Waals surface area contributed by atoms with Crippen molar-refractivity contribution in [3.05, 3.63) is 50.9 Å². The van der Waals surface area contributed by atoms with Crippen LogP contribution in [0.5, 0.6) is 5.75 Å². The molecule has 2 aromatic rings. The summed E-state index contributed by atoms with van der Waals surface area (Å²) >= 11 is 11.7. The minimum absolute atomic E-state index is 0.0208. The molecule has 0 bridgehead atoms. The van der Waals surface area contributed by atoms with Crippen molar-refractivity contribution < 1.29 is 9.13 Å². The van der Waals surface area contributed by atoms with Gasteiger partial charge in [0.25, 0.3) is 5.56 Å². The molecule has 1 heterocycles. The molecule has 0 saturated heterocycles. The summed E-state index contributed by atoms with van der Waals surface area (Å²) in [5.41, 5.74) is 0.619. The fourth-order valence-electron chi connectivity index (χ4n) is 3.10. The van der Waals surface area contributed by atoms with Crippen LogP contribution in [-0.2, 0) is 0 Å². The van der Waals surface area contributed by atoms with Gasteiger partial charge in [0.05, 0.1) is 17.3 Å². The molecule has 1 saturated carbocycles. The Balaban J connectivity index is 1.58. The first kappa shape index (κ1) is 18.0. The monoisotopic (exact) mass is 385 g/mol. The number of nitrogens with zero attached hydrogens (tertiary/aromatic N) is 2. The molecule has 134 valence electrons. The van der Waals surface area contributed by atoms with Gasteiger partial charge < -0.3 is 10.1 Å². The Morgan fingerprint density at radius 3 is 2.52 bits per heavy atom. The number of benzene rings is 1. The van der Waals surface area contributed by atoms with Crippen molar-refractivity contribution in [2.45, 2.75) is 37.8 Å². The van der Waals surface area contributed by atoms with Crippen molar-refractivity contribution in [3.8, 4) is 5.75 Å². The topological polar surface area (TPSA) is 56.2 Å². The average molecular weight is 386 g/mol. The van der Waals surface area contributed by atoms with Crippen molar-refractivity contribution in [2.24, 2.45) is 0 Å². The number of rotatable bonds is 5. The number of anilines is 1. The van der Waals surface area contributed by atoms with E-state index in [1.54, 1.807) is 12.1 Å². The maximum Gasteiger partial charge on any atom is 0.287 e. The Labute approximate surface area is 154 Å². The molecule has 1 aromatic heterocycles. The fourth-order valence-corrected chi connectivity index (χ4v) is 3.36. The standard InChI is InChI=1S/C17H18Cl2FN3O2/c18-15-9-21-23(17(24)16(15)19)13-5-1-11(2-6-13)22-12-3-7-14(8-4-12)25-10-20/h3-4,7-9,11,13,22H,1-2,5-6,10H2/t11-,13-. The van der Waals surface area contributed by atoms with Gasteiger partial charge in [-0.15, -0.1) is 0 Å². The van der Waals surface area contributed by atoms with Crippen LogP contribution >= 0.6 is 23.2 Å². The summed E-state index contributed by atoms with van der Waals surface area (Å²) < 4.78 is 18.3. The summed E-state index contributed by atoms with van der Waals surface area (Å²) in [6.07, 6.45) is 4.87. The summed E-state index contributed by atoms with van der Waals surface area (Å²) in [6.45, 7) is -0.834. The summed E-state index contributed by atoms with van der Waals surface area (Å²) in [7, 11) is 0. The number of hydrogen-bond donors (Lipinski definition) is 1. The molecule has 0 amide bonds. The van der Waals surface area contributed by atoms with Crippen molar-refractivity contribution in [1.29, 1.82) is 0 Å². The highest BCUT2D eigenvalue weighted by Crippen LogP contribution is 2.30. The van der Waals surface area contributed by atoms with E-state index >= 15 is 0 Å². The van der Waals surface area contributed by atoms with Gasteiger partial charge in [-0.05, 0) is 49.9 Å². The number of aromatic nitrogens is 2. The van der Waals surface area contributed by atoms with Gasteiger partial charge in [0, 0.05) is 11.7 Å². The van der Waals surface area contributed by atoms with Crippen molar-refractivity contribution in [2.75, 3.05) is 12.2 Å². The first-order chi connectivity index (χ1) is 12.1. The molecule has 1 aliphatic rings. The lowest BCUT2D eigenvalue weighted by atomic mass is 9.91. The molecule has 0 radical (unpaired) electrons. The van der Waals surface area contributed by atoms with E-state index in [-0.39, 0.29) is 21.6 Å². The Hall–Kier alpha value is -1.79. The van der Waals surface area contributed by atoms with E-state index in [1.165, 1.54) is 10.9 Å². The third-order valence-corrected chi connectivity index (χ3v) is 5.14. The minimum Gasteiger partial charge on any atom is -0.463 e. The molecular formula is C17H18Cl2FN3O2. The van der Waals surface area contributed by atoms with Crippen LogP contribution in [0.4, 0.5) is 10.1 Å². The Morgan fingerprint density at radius 2 is 1.88 bits per heavy atom. The lowest BCUT2D eigenvalue weighted by Gasteiger charge is -2.30. The van der Waals surface area contributed by atoms with Crippen LogP contribution in [0.1, 0.15) is 31.7 Å². The van der Waals surface area contributed by atoms with Gasteiger partial charge in [0.1, 0.15) is 10.8 Å². The average Bonchev–Trinajstić information content (AvgIpc) is 2.63. The van der Waals surface area contributed by atoms with E-state index < -0.39 is 6.86 Å². The van der Waals surface area contributed by atoms with Crippen LogP contribution < -0.4 is 15.6 Å². The van der Waals surface area contributed by atoms with E-state index in [0.29, 0.717) is 11.8 Å². The first-order valence-corrected chi connectivity index (χ1v) is 8.82. The largest absolute Gasteiger partial charge is 0.463 e. The Kier molecular flexibility index (Phi) is 5.81. The zero-order chi connectivity index (χ0) is 17.8. The van der Waals surface area contributed by atoms with Gasteiger partial charge in [-0.25, -0.2) is 9.07 Å². The summed E-state index contributed by atoms with van der Waals surface area (Å²) in [4.78, 5) is 12.2. The molecule has 5 nitrogen and oxygen atoms in total. The van der Waals surface area contributed by atoms with Crippen LogP contribution in [0, 0.1) is 0 Å². The minimum atomic E-state index is -0.834. The molecule has 0 spiro atoms. The van der Waals surface area contributed by atoms with E-state index in [1.807, 2.05) is 12.1 Å². The zero-order valence-corrected chi connectivity index (χ0v) is 14.9. The first-order valence-electron chi connectivity index (χ1n) is 8.06. The predicted octanol–water partition coefficient (Wildman–Crippen LogP) is 4.45. The van der Waals surface area contributed by atoms with Crippen LogP contribution in [0.2, 0.25) is 10.0 Å². The van der Waals surface area contributed by atoms with Crippen molar-refractivity contribution in [1.82, 2.24) is 9.78 Å². The second-order valence-corrected chi connectivity index (χ2v) is 6.77. The Morgan fingerprint density at radius 1 is 1.20 bits per heavy atom. The van der Waals surface area contributed by atoms with E-state index in [2.05, 4.69) is 10.4 Å². The quantitative estimate of drug-likeness (QED) is 0.825. The second-order valence-electron chi connectivity index (χ2n) is 5.98. The van der Waals surface area contributed by atoms with Crippen molar-refractivity contribution >= 4 is 28.9 Å². The summed E-state index contributed by atoms with van der Waals surface area (Å²) in [6, 6.07) is 7.52. The fraction of sp³-hybridized carbons (Fsp3) is 0.412. The molecule has 3 rings (SSSR count). The van der Waals surface area contributed by atoms with Crippen LogP contribution in [0.15, 0.2) is 35.3 Å². The van der Waals surface area contributed by atoms with Gasteiger partial charge in [-0.1, -0.05) is 23.2 Å². The van der Waals surface area contributed by atoms with E-state index in [9.17, 15) is 9.18 Å². The molecule has 0 unspecified atom stereocenters. The highest BCUT2D eigenvalue weighted by molar-refractivity contribution is 6.41. The SMILES string of the molecule is O=c1c(Cl)c(Cl)cnn1[C@H]1CC[C@H](Nc2ccc(OCF)cc2)CC1. The third kappa shape index (κ3) is 4.25. The van der Waals surface area contributed by atoms with Crippen LogP contribution in [-0.4, -0.2) is 22.7 Å². The number of hydrogen-bond acceptors (Lipinski definition) is 4. The number of alkyl halides is 1. The molecule has 0 atom stereocenters.